The average molecular weight is 398 g/mol. The average Bonchev–Trinajstić information content (AvgIpc) is 2.74. The molecule has 0 aromatic heterocycles. The molecular formula is C23H19F3NO2+. The Kier molecular flexibility index (Phi) is 5.94. The van der Waals surface area contributed by atoms with E-state index in [0.717, 1.165) is 11.7 Å². The maximum Gasteiger partial charge on any atom is 0.439 e. The minimum absolute atomic E-state index is 0.289. The van der Waals surface area contributed by atoms with Gasteiger partial charge >= 0.3 is 17.7 Å². The molecule has 1 amide bonds. The molecule has 0 unspecified atom stereocenters. The first kappa shape index (κ1) is 20.5. The highest BCUT2D eigenvalue weighted by molar-refractivity contribution is 5.89. The highest BCUT2D eigenvalue weighted by Crippen LogP contribution is 2.43. The molecule has 0 aliphatic rings. The number of amides is 1. The second-order valence-corrected chi connectivity index (χ2v) is 6.30. The Morgan fingerprint density at radius 1 is 0.828 bits per heavy atom. The van der Waals surface area contributed by atoms with E-state index in [1.807, 2.05) is 0 Å². The van der Waals surface area contributed by atoms with Gasteiger partial charge < -0.3 is 4.74 Å². The number of carbonyl (C=O) groups is 1. The number of methoxy groups -OCH3 is 1. The van der Waals surface area contributed by atoms with Gasteiger partial charge in [0.05, 0.1) is 0 Å². The summed E-state index contributed by atoms with van der Waals surface area (Å²) in [5.41, 5.74) is -2.58. The van der Waals surface area contributed by atoms with Crippen LogP contribution in [0.2, 0.25) is 0 Å². The van der Waals surface area contributed by atoms with Gasteiger partial charge in [0.2, 0.25) is 5.69 Å². The van der Waals surface area contributed by atoms with Gasteiger partial charge in [-0.3, -0.25) is 0 Å². The monoisotopic (exact) mass is 398 g/mol. The highest BCUT2D eigenvalue weighted by Gasteiger charge is 2.67. The topological polar surface area (TPSA) is 29.3 Å². The zero-order valence-electron chi connectivity index (χ0n) is 15.6. The van der Waals surface area contributed by atoms with Crippen LogP contribution in [0.4, 0.5) is 18.9 Å². The first-order chi connectivity index (χ1) is 13.9. The number of alkyl halides is 3. The Labute approximate surface area is 166 Å². The Bertz CT molecular complexity index is 987. The molecule has 0 heterocycles. The fourth-order valence-electron chi connectivity index (χ4n) is 3.10. The van der Waals surface area contributed by atoms with E-state index in [1.165, 1.54) is 30.5 Å². The predicted molar refractivity (Wildman–Crippen MR) is 104 cm³/mol. The van der Waals surface area contributed by atoms with Gasteiger partial charge in [0.25, 0.3) is 0 Å². The van der Waals surface area contributed by atoms with Crippen LogP contribution in [0, 0.1) is 0 Å². The van der Waals surface area contributed by atoms with Crippen molar-refractivity contribution in [1.29, 1.82) is 0 Å². The quantitative estimate of drug-likeness (QED) is 0.443. The number of hydrogen-bond acceptors (Lipinski definition) is 2. The third kappa shape index (κ3) is 3.98. The Balaban J connectivity index is 2.26. The first-order valence-corrected chi connectivity index (χ1v) is 8.86. The van der Waals surface area contributed by atoms with Crippen LogP contribution in [0.1, 0.15) is 11.1 Å². The van der Waals surface area contributed by atoms with E-state index < -0.39 is 17.7 Å². The number of halogens is 3. The number of nitrogens with zero attached hydrogens (tertiary/aromatic N) is 1. The highest BCUT2D eigenvalue weighted by atomic mass is 19.4. The number of ether oxygens (including phenoxy) is 1. The fraction of sp³-hybridized carbons (Fsp3) is 0.130. The van der Waals surface area contributed by atoms with Gasteiger partial charge in [-0.15, -0.1) is 4.58 Å². The number of para-hydroxylation sites is 1. The van der Waals surface area contributed by atoms with Crippen LogP contribution >= 0.6 is 0 Å². The normalized spacial score (nSPS) is 14.3. The lowest BCUT2D eigenvalue weighted by atomic mass is 9.91. The number of hydrogen-bond donors (Lipinski definition) is 0. The Morgan fingerprint density at radius 3 is 1.79 bits per heavy atom. The summed E-state index contributed by atoms with van der Waals surface area (Å²) < 4.78 is 49.0. The molecule has 3 nitrogen and oxygen atoms in total. The van der Waals surface area contributed by atoms with E-state index in [0.29, 0.717) is 11.3 Å². The van der Waals surface area contributed by atoms with Crippen LogP contribution < -0.4 is 0 Å². The smallest absolute Gasteiger partial charge is 0.353 e. The van der Waals surface area contributed by atoms with Crippen LogP contribution in [0.5, 0.6) is 0 Å². The van der Waals surface area contributed by atoms with Gasteiger partial charge in [0, 0.05) is 30.4 Å². The number of benzene rings is 3. The third-order valence-corrected chi connectivity index (χ3v) is 4.52. The van der Waals surface area contributed by atoms with Crippen molar-refractivity contribution in [3.63, 3.8) is 0 Å². The van der Waals surface area contributed by atoms with Crippen molar-refractivity contribution in [2.24, 2.45) is 0 Å². The van der Waals surface area contributed by atoms with Gasteiger partial charge in [-0.05, 0) is 12.1 Å². The standard InChI is InChI=1S/C23H19F3NO2/c1-29-22(23(24,25)26,19-13-7-3-8-14-19)21(28)27(20-15-9-4-10-16-20)17-18-11-5-2-6-12-18/h2-17H,1H3/q+1/t22-/m0/s1. The summed E-state index contributed by atoms with van der Waals surface area (Å²) in [4.78, 5) is 13.5. The van der Waals surface area contributed by atoms with Crippen LogP contribution in [0.15, 0.2) is 91.0 Å². The Hall–Kier alpha value is -3.25. The fourth-order valence-corrected chi connectivity index (χ4v) is 3.10. The summed E-state index contributed by atoms with van der Waals surface area (Å²) in [5.74, 6) is -1.26. The molecule has 0 radical (unpaired) electrons. The summed E-state index contributed by atoms with van der Waals surface area (Å²) >= 11 is 0. The van der Waals surface area contributed by atoms with Crippen LogP contribution in [0.3, 0.4) is 0 Å². The SMILES string of the molecule is CO[C@](C(=O)[N+](=Cc1ccccc1)c1ccccc1)(c1ccccc1)C(F)(F)F. The summed E-state index contributed by atoms with van der Waals surface area (Å²) in [5, 5.41) is 0. The minimum atomic E-state index is -4.99. The van der Waals surface area contributed by atoms with Crippen molar-refractivity contribution in [3.05, 3.63) is 102 Å². The molecule has 29 heavy (non-hydrogen) atoms. The molecule has 3 aromatic rings. The van der Waals surface area contributed by atoms with E-state index in [9.17, 15) is 18.0 Å². The van der Waals surface area contributed by atoms with Crippen molar-refractivity contribution in [3.8, 4) is 0 Å². The third-order valence-electron chi connectivity index (χ3n) is 4.52. The zero-order valence-corrected chi connectivity index (χ0v) is 15.6. The van der Waals surface area contributed by atoms with E-state index in [2.05, 4.69) is 0 Å². The number of carbonyl (C=O) groups excluding carboxylic acids is 1. The molecule has 3 aromatic carbocycles. The summed E-state index contributed by atoms with van der Waals surface area (Å²) in [7, 11) is 0.893. The van der Waals surface area contributed by atoms with Crippen LogP contribution in [0.25, 0.3) is 0 Å². The predicted octanol–water partition coefficient (Wildman–Crippen LogP) is 5.08. The second kappa shape index (κ2) is 8.41. The van der Waals surface area contributed by atoms with Crippen molar-refractivity contribution in [2.75, 3.05) is 7.11 Å². The van der Waals surface area contributed by atoms with E-state index in [1.54, 1.807) is 66.7 Å². The van der Waals surface area contributed by atoms with Crippen molar-refractivity contribution >= 4 is 17.8 Å². The lowest BCUT2D eigenvalue weighted by molar-refractivity contribution is -0.400. The van der Waals surface area contributed by atoms with Gasteiger partial charge in [0.1, 0.15) is 0 Å². The molecule has 0 N–H and O–H groups in total. The van der Waals surface area contributed by atoms with Crippen molar-refractivity contribution < 1.29 is 27.3 Å². The minimum Gasteiger partial charge on any atom is -0.353 e. The van der Waals surface area contributed by atoms with Crippen molar-refractivity contribution in [1.82, 2.24) is 0 Å². The van der Waals surface area contributed by atoms with Crippen molar-refractivity contribution in [2.45, 2.75) is 11.8 Å². The van der Waals surface area contributed by atoms with Crippen LogP contribution in [-0.2, 0) is 15.1 Å². The molecular weight excluding hydrogens is 379 g/mol. The van der Waals surface area contributed by atoms with Gasteiger partial charge in [-0.1, -0.05) is 66.7 Å². The summed E-state index contributed by atoms with van der Waals surface area (Å²) in [6.07, 6.45) is -3.61. The molecule has 0 bridgehead atoms. The van der Waals surface area contributed by atoms with E-state index in [4.69, 9.17) is 4.74 Å². The van der Waals surface area contributed by atoms with E-state index in [-0.39, 0.29) is 5.56 Å². The molecule has 1 atom stereocenters. The maximum absolute atomic E-state index is 14.3. The molecule has 148 valence electrons. The summed E-state index contributed by atoms with van der Waals surface area (Å²) in [6, 6.07) is 23.8. The molecule has 0 aliphatic carbocycles. The van der Waals surface area contributed by atoms with E-state index >= 15 is 0 Å². The molecule has 3 rings (SSSR count). The van der Waals surface area contributed by atoms with Gasteiger partial charge in [-0.2, -0.15) is 13.2 Å². The van der Waals surface area contributed by atoms with Crippen LogP contribution in [-0.4, -0.2) is 30.0 Å². The summed E-state index contributed by atoms with van der Waals surface area (Å²) in [6.45, 7) is 0. The van der Waals surface area contributed by atoms with Gasteiger partial charge in [-0.25, -0.2) is 4.79 Å². The molecule has 0 saturated heterocycles. The lowest BCUT2D eigenvalue weighted by Gasteiger charge is -2.30. The second-order valence-electron chi connectivity index (χ2n) is 6.30. The first-order valence-electron chi connectivity index (χ1n) is 8.86. The Morgan fingerprint density at radius 2 is 1.31 bits per heavy atom. The number of rotatable bonds is 5. The largest absolute Gasteiger partial charge is 0.439 e. The molecule has 0 fully saturated rings. The molecule has 6 heteroatoms. The molecule has 0 aliphatic heterocycles. The lowest BCUT2D eigenvalue weighted by Crippen LogP contribution is -2.54. The molecule has 0 saturated carbocycles. The maximum atomic E-state index is 14.3. The zero-order chi connectivity index (χ0) is 20.9. The van der Waals surface area contributed by atoms with Gasteiger partial charge in [0.15, 0.2) is 6.21 Å². The molecule has 0 spiro atoms.